The summed E-state index contributed by atoms with van der Waals surface area (Å²) in [6.45, 7) is 6.23. The van der Waals surface area contributed by atoms with Crippen molar-refractivity contribution in [2.24, 2.45) is 10.7 Å². The molecule has 0 saturated heterocycles. The van der Waals surface area contributed by atoms with E-state index in [1.54, 1.807) is 0 Å². The van der Waals surface area contributed by atoms with E-state index >= 15 is 0 Å². The Morgan fingerprint density at radius 2 is 1.79 bits per heavy atom. The van der Waals surface area contributed by atoms with E-state index in [4.69, 9.17) is 5.73 Å². The molecule has 0 aromatic rings. The Hall–Kier alpha value is -0.370. The maximum absolute atomic E-state index is 5.44. The van der Waals surface area contributed by atoms with Crippen molar-refractivity contribution in [1.82, 2.24) is 0 Å². The first kappa shape index (κ1) is 13.6. The van der Waals surface area contributed by atoms with E-state index in [1.807, 2.05) is 0 Å². The molecule has 0 spiro atoms. The lowest BCUT2D eigenvalue weighted by Crippen LogP contribution is -2.00. The highest BCUT2D eigenvalue weighted by Gasteiger charge is 1.96. The Balaban J connectivity index is 3.42. The van der Waals surface area contributed by atoms with Crippen molar-refractivity contribution in [3.05, 3.63) is 0 Å². The quantitative estimate of drug-likeness (QED) is 0.448. The molecule has 0 saturated carbocycles. The van der Waals surface area contributed by atoms with Gasteiger partial charge in [0, 0.05) is 12.3 Å². The second-order valence-corrected chi connectivity index (χ2v) is 3.75. The minimum atomic E-state index is 0.838. The van der Waals surface area contributed by atoms with Crippen molar-refractivity contribution in [3.8, 4) is 0 Å². The Kier molecular flexibility index (Phi) is 10.4. The summed E-state index contributed by atoms with van der Waals surface area (Å²) in [4.78, 5) is 4.57. The second-order valence-electron chi connectivity index (χ2n) is 3.75. The van der Waals surface area contributed by atoms with Gasteiger partial charge in [0.2, 0.25) is 0 Å². The van der Waals surface area contributed by atoms with E-state index in [0.29, 0.717) is 0 Å². The normalized spacial score (nSPS) is 12.1. The molecule has 0 atom stereocenters. The van der Waals surface area contributed by atoms with E-state index in [-0.39, 0.29) is 0 Å². The minimum Gasteiger partial charge on any atom is -0.330 e. The zero-order valence-corrected chi connectivity index (χ0v) is 9.89. The average molecular weight is 198 g/mol. The van der Waals surface area contributed by atoms with Gasteiger partial charge in [-0.3, -0.25) is 4.99 Å². The molecule has 0 aliphatic heterocycles. The van der Waals surface area contributed by atoms with Crippen LogP contribution in [0.3, 0.4) is 0 Å². The average Bonchev–Trinajstić information content (AvgIpc) is 2.22. The van der Waals surface area contributed by atoms with Gasteiger partial charge >= 0.3 is 0 Å². The molecule has 0 fully saturated rings. The van der Waals surface area contributed by atoms with Gasteiger partial charge in [-0.2, -0.15) is 0 Å². The van der Waals surface area contributed by atoms with Crippen LogP contribution in [0.2, 0.25) is 0 Å². The molecule has 2 nitrogen and oxygen atoms in total. The van der Waals surface area contributed by atoms with Crippen molar-refractivity contribution in [2.45, 2.75) is 58.8 Å². The largest absolute Gasteiger partial charge is 0.330 e. The van der Waals surface area contributed by atoms with Crippen LogP contribution in [0.1, 0.15) is 58.8 Å². The van der Waals surface area contributed by atoms with Crippen molar-refractivity contribution in [3.63, 3.8) is 0 Å². The zero-order valence-electron chi connectivity index (χ0n) is 9.89. The molecule has 2 heteroatoms. The van der Waals surface area contributed by atoms with Crippen molar-refractivity contribution in [2.75, 3.05) is 13.1 Å². The Labute approximate surface area is 89.0 Å². The lowest BCUT2D eigenvalue weighted by Gasteiger charge is -2.03. The maximum Gasteiger partial charge on any atom is 0.0386 e. The highest BCUT2D eigenvalue weighted by atomic mass is 14.7. The van der Waals surface area contributed by atoms with Gasteiger partial charge in [0.25, 0.3) is 0 Å². The Bertz CT molecular complexity index is 141. The predicted octanol–water partition coefficient (Wildman–Crippen LogP) is 3.16. The van der Waals surface area contributed by atoms with Gasteiger partial charge in [-0.15, -0.1) is 0 Å². The van der Waals surface area contributed by atoms with Gasteiger partial charge < -0.3 is 5.73 Å². The molecule has 2 N–H and O–H groups in total. The number of rotatable bonds is 9. The molecule has 84 valence electrons. The molecule has 0 aliphatic carbocycles. The molecule has 0 aromatic heterocycles. The monoisotopic (exact) mass is 198 g/mol. The molecule has 0 unspecified atom stereocenters. The standard InChI is InChI=1S/C12H26N2/c1-3-11-14-12(4-2)9-7-5-6-8-10-13/h3-11,13H2,1-2H3/b14-12+. The zero-order chi connectivity index (χ0) is 10.6. The third-order valence-electron chi connectivity index (χ3n) is 2.39. The summed E-state index contributed by atoms with van der Waals surface area (Å²) in [5.41, 5.74) is 6.84. The lowest BCUT2D eigenvalue weighted by molar-refractivity contribution is 0.657. The summed E-state index contributed by atoms with van der Waals surface area (Å²) in [7, 11) is 0. The number of nitrogens with zero attached hydrogens (tertiary/aromatic N) is 1. The predicted molar refractivity (Wildman–Crippen MR) is 65.0 cm³/mol. The summed E-state index contributed by atoms with van der Waals surface area (Å²) in [5, 5.41) is 0. The van der Waals surface area contributed by atoms with Crippen LogP contribution >= 0.6 is 0 Å². The van der Waals surface area contributed by atoms with E-state index < -0.39 is 0 Å². The summed E-state index contributed by atoms with van der Waals surface area (Å²) in [6, 6.07) is 0. The minimum absolute atomic E-state index is 0.838. The van der Waals surface area contributed by atoms with Gasteiger partial charge in [0.15, 0.2) is 0 Å². The molecular weight excluding hydrogens is 172 g/mol. The molecule has 0 rings (SSSR count). The van der Waals surface area contributed by atoms with E-state index in [0.717, 1.165) is 25.9 Å². The lowest BCUT2D eigenvalue weighted by atomic mass is 10.1. The summed E-state index contributed by atoms with van der Waals surface area (Å²) in [6.07, 6.45) is 8.53. The fourth-order valence-electron chi connectivity index (χ4n) is 1.46. The molecule has 0 radical (unpaired) electrons. The third-order valence-corrected chi connectivity index (χ3v) is 2.39. The molecule has 0 aromatic carbocycles. The van der Waals surface area contributed by atoms with Crippen LogP contribution in [0.25, 0.3) is 0 Å². The van der Waals surface area contributed by atoms with Crippen LogP contribution in [0.15, 0.2) is 4.99 Å². The molecule has 0 amide bonds. The highest BCUT2D eigenvalue weighted by Crippen LogP contribution is 2.05. The van der Waals surface area contributed by atoms with Gasteiger partial charge in [-0.1, -0.05) is 26.7 Å². The van der Waals surface area contributed by atoms with Crippen LogP contribution < -0.4 is 5.73 Å². The van der Waals surface area contributed by atoms with E-state index in [1.165, 1.54) is 37.8 Å². The molecule has 0 heterocycles. The number of aliphatic imine (C=N–C) groups is 1. The summed E-state index contributed by atoms with van der Waals surface area (Å²) >= 11 is 0. The van der Waals surface area contributed by atoms with Crippen LogP contribution in [-0.2, 0) is 0 Å². The van der Waals surface area contributed by atoms with Crippen molar-refractivity contribution < 1.29 is 0 Å². The second kappa shape index (κ2) is 10.7. The first-order valence-corrected chi connectivity index (χ1v) is 6.07. The van der Waals surface area contributed by atoms with Crippen molar-refractivity contribution in [1.29, 1.82) is 0 Å². The van der Waals surface area contributed by atoms with Gasteiger partial charge in [0.1, 0.15) is 0 Å². The van der Waals surface area contributed by atoms with Crippen molar-refractivity contribution >= 4 is 5.71 Å². The fraction of sp³-hybridized carbons (Fsp3) is 0.917. The first-order valence-electron chi connectivity index (χ1n) is 6.07. The van der Waals surface area contributed by atoms with E-state index in [9.17, 15) is 0 Å². The molecule has 0 bridgehead atoms. The number of unbranched alkanes of at least 4 members (excludes halogenated alkanes) is 3. The SMILES string of the molecule is CCC/N=C(\CC)CCCCCCN. The summed E-state index contributed by atoms with van der Waals surface area (Å²) < 4.78 is 0. The van der Waals surface area contributed by atoms with Gasteiger partial charge in [-0.05, 0) is 38.6 Å². The number of hydrogen-bond donors (Lipinski definition) is 1. The topological polar surface area (TPSA) is 38.4 Å². The fourth-order valence-corrected chi connectivity index (χ4v) is 1.46. The summed E-state index contributed by atoms with van der Waals surface area (Å²) in [5.74, 6) is 0. The van der Waals surface area contributed by atoms with Gasteiger partial charge in [-0.25, -0.2) is 0 Å². The molecular formula is C12H26N2. The highest BCUT2D eigenvalue weighted by molar-refractivity contribution is 5.84. The van der Waals surface area contributed by atoms with Crippen LogP contribution in [0, 0.1) is 0 Å². The number of hydrogen-bond acceptors (Lipinski definition) is 2. The van der Waals surface area contributed by atoms with Crippen LogP contribution in [0.5, 0.6) is 0 Å². The Morgan fingerprint density at radius 1 is 1.07 bits per heavy atom. The smallest absolute Gasteiger partial charge is 0.0386 e. The van der Waals surface area contributed by atoms with Crippen LogP contribution in [0.4, 0.5) is 0 Å². The first-order chi connectivity index (χ1) is 6.85. The van der Waals surface area contributed by atoms with Crippen LogP contribution in [-0.4, -0.2) is 18.8 Å². The van der Waals surface area contributed by atoms with Gasteiger partial charge in [0.05, 0.1) is 0 Å². The number of nitrogens with two attached hydrogens (primary N) is 1. The van der Waals surface area contributed by atoms with E-state index in [2.05, 4.69) is 18.8 Å². The maximum atomic E-state index is 5.44. The third kappa shape index (κ3) is 8.24. The molecule has 0 aliphatic rings. The Morgan fingerprint density at radius 3 is 2.36 bits per heavy atom. The molecule has 14 heavy (non-hydrogen) atoms.